The maximum atomic E-state index is 12.4. The smallest absolute Gasteiger partial charge is 0.280 e. The molecule has 0 radical (unpaired) electrons. The van der Waals surface area contributed by atoms with Crippen LogP contribution in [-0.2, 0) is 20.0 Å². The van der Waals surface area contributed by atoms with E-state index in [1.54, 1.807) is 0 Å². The van der Waals surface area contributed by atoms with E-state index in [-0.39, 0.29) is 26.5 Å². The highest BCUT2D eigenvalue weighted by Crippen LogP contribution is 2.28. The van der Waals surface area contributed by atoms with E-state index in [0.717, 1.165) is 31.0 Å². The number of hydrogen-bond acceptors (Lipinski definition) is 6. The number of sulfonamides is 2. The zero-order valence-corrected chi connectivity index (χ0v) is 16.0. The lowest BCUT2D eigenvalue weighted by Crippen LogP contribution is -2.25. The molecule has 27 heavy (non-hydrogen) atoms. The number of nitro benzene ring substituents is 1. The summed E-state index contributed by atoms with van der Waals surface area (Å²) in [5.74, 6) is 0. The van der Waals surface area contributed by atoms with E-state index in [0.29, 0.717) is 0 Å². The van der Waals surface area contributed by atoms with Gasteiger partial charge in [-0.1, -0.05) is 11.6 Å². The van der Waals surface area contributed by atoms with Crippen LogP contribution in [0.15, 0.2) is 52.3 Å². The average molecular weight is 432 g/mol. The minimum atomic E-state index is -4.12. The van der Waals surface area contributed by atoms with Crippen LogP contribution in [0.4, 0.5) is 11.4 Å². The minimum absolute atomic E-state index is 0.0134. The van der Waals surface area contributed by atoms with Gasteiger partial charge in [0.2, 0.25) is 10.0 Å². The molecule has 144 valence electrons. The first-order chi connectivity index (χ1) is 12.6. The summed E-state index contributed by atoms with van der Waals surface area (Å²) >= 11 is 5.68. The molecule has 0 saturated heterocycles. The third kappa shape index (κ3) is 4.56. The quantitative estimate of drug-likeness (QED) is 0.510. The van der Waals surface area contributed by atoms with Gasteiger partial charge in [0, 0.05) is 17.8 Å². The molecule has 0 atom stereocenters. The molecule has 0 bridgehead atoms. The van der Waals surface area contributed by atoms with Gasteiger partial charge in [-0.3, -0.25) is 14.8 Å². The Morgan fingerprint density at radius 3 is 2.11 bits per heavy atom. The van der Waals surface area contributed by atoms with Gasteiger partial charge in [-0.25, -0.2) is 21.6 Å². The van der Waals surface area contributed by atoms with Crippen LogP contribution in [0.3, 0.4) is 0 Å². The van der Waals surface area contributed by atoms with E-state index in [1.165, 1.54) is 24.3 Å². The molecule has 1 saturated carbocycles. The zero-order chi connectivity index (χ0) is 19.8. The molecule has 0 unspecified atom stereocenters. The Morgan fingerprint density at radius 1 is 0.963 bits per heavy atom. The first-order valence-electron chi connectivity index (χ1n) is 7.68. The Labute approximate surface area is 160 Å². The van der Waals surface area contributed by atoms with Crippen molar-refractivity contribution < 1.29 is 21.8 Å². The molecule has 0 aliphatic heterocycles. The SMILES string of the molecule is O=[N+]([O-])c1cc(S(=O)(=O)Nc2ccc(S(=O)(=O)NC3CC3)cc2)ccc1Cl. The lowest BCUT2D eigenvalue weighted by atomic mass is 10.3. The summed E-state index contributed by atoms with van der Waals surface area (Å²) in [5, 5.41) is 10.7. The van der Waals surface area contributed by atoms with E-state index in [1.807, 2.05) is 0 Å². The summed E-state index contributed by atoms with van der Waals surface area (Å²) in [7, 11) is -7.77. The van der Waals surface area contributed by atoms with Crippen LogP contribution in [0.2, 0.25) is 5.02 Å². The third-order valence-electron chi connectivity index (χ3n) is 3.74. The molecule has 12 heteroatoms. The van der Waals surface area contributed by atoms with Gasteiger partial charge in [0.25, 0.3) is 15.7 Å². The molecule has 0 heterocycles. The van der Waals surface area contributed by atoms with Gasteiger partial charge in [0.05, 0.1) is 14.7 Å². The standard InChI is InChI=1S/C15H14ClN3O6S2/c16-14-8-7-13(9-15(14)19(20)21)27(24,25)18-11-3-5-12(6-4-11)26(22,23)17-10-1-2-10/h3-10,17-18H,1-2H2. The first-order valence-corrected chi connectivity index (χ1v) is 11.0. The van der Waals surface area contributed by atoms with Crippen LogP contribution in [0, 0.1) is 10.1 Å². The molecule has 0 spiro atoms. The number of hydrogen-bond donors (Lipinski definition) is 2. The second kappa shape index (κ2) is 7.08. The molecule has 2 aromatic carbocycles. The molecule has 0 aromatic heterocycles. The van der Waals surface area contributed by atoms with Crippen LogP contribution < -0.4 is 9.44 Å². The van der Waals surface area contributed by atoms with E-state index in [2.05, 4.69) is 9.44 Å². The molecular formula is C15H14ClN3O6S2. The summed E-state index contributed by atoms with van der Waals surface area (Å²) in [4.78, 5) is 9.80. The topological polar surface area (TPSA) is 135 Å². The number of nitrogens with zero attached hydrogens (tertiary/aromatic N) is 1. The molecule has 0 amide bonds. The summed E-state index contributed by atoms with van der Waals surface area (Å²) in [6.07, 6.45) is 1.59. The Hall–Kier alpha value is -2.21. The second-order valence-corrected chi connectivity index (χ2v) is 9.70. The van der Waals surface area contributed by atoms with Crippen molar-refractivity contribution in [2.75, 3.05) is 4.72 Å². The Kier molecular flexibility index (Phi) is 5.12. The molecule has 1 aliphatic carbocycles. The minimum Gasteiger partial charge on any atom is -0.280 e. The van der Waals surface area contributed by atoms with E-state index in [9.17, 15) is 26.9 Å². The van der Waals surface area contributed by atoms with Crippen LogP contribution >= 0.6 is 11.6 Å². The van der Waals surface area contributed by atoms with Crippen molar-refractivity contribution in [2.45, 2.75) is 28.7 Å². The van der Waals surface area contributed by atoms with Gasteiger partial charge in [0.1, 0.15) is 5.02 Å². The van der Waals surface area contributed by atoms with Crippen molar-refractivity contribution in [1.29, 1.82) is 0 Å². The van der Waals surface area contributed by atoms with Crippen LogP contribution in [-0.4, -0.2) is 27.8 Å². The highest BCUT2D eigenvalue weighted by atomic mass is 35.5. The van der Waals surface area contributed by atoms with Crippen LogP contribution in [0.5, 0.6) is 0 Å². The predicted octanol–water partition coefficient (Wildman–Crippen LogP) is 2.49. The number of nitro groups is 1. The Balaban J connectivity index is 1.82. The van der Waals surface area contributed by atoms with Crippen molar-refractivity contribution in [3.8, 4) is 0 Å². The molecule has 2 aromatic rings. The van der Waals surface area contributed by atoms with Crippen molar-refractivity contribution in [1.82, 2.24) is 4.72 Å². The largest absolute Gasteiger partial charge is 0.289 e. The lowest BCUT2D eigenvalue weighted by molar-refractivity contribution is -0.384. The van der Waals surface area contributed by atoms with Gasteiger partial charge >= 0.3 is 0 Å². The van der Waals surface area contributed by atoms with Crippen LogP contribution in [0.1, 0.15) is 12.8 Å². The normalized spacial score (nSPS) is 14.7. The van der Waals surface area contributed by atoms with Crippen molar-refractivity contribution >= 4 is 43.0 Å². The number of halogens is 1. The summed E-state index contributed by atoms with van der Waals surface area (Å²) in [6.45, 7) is 0. The first kappa shape index (κ1) is 19.5. The fraction of sp³-hybridized carbons (Fsp3) is 0.200. The monoisotopic (exact) mass is 431 g/mol. The summed E-state index contributed by atoms with van der Waals surface area (Å²) in [5.41, 5.74) is -0.426. The molecule has 9 nitrogen and oxygen atoms in total. The molecule has 2 N–H and O–H groups in total. The Bertz CT molecular complexity index is 1100. The van der Waals surface area contributed by atoms with E-state index < -0.39 is 30.7 Å². The van der Waals surface area contributed by atoms with Gasteiger partial charge in [-0.15, -0.1) is 0 Å². The average Bonchev–Trinajstić information content (AvgIpc) is 3.38. The number of rotatable bonds is 7. The van der Waals surface area contributed by atoms with Gasteiger partial charge < -0.3 is 0 Å². The zero-order valence-electron chi connectivity index (χ0n) is 13.6. The van der Waals surface area contributed by atoms with Gasteiger partial charge in [-0.2, -0.15) is 0 Å². The number of anilines is 1. The van der Waals surface area contributed by atoms with E-state index in [4.69, 9.17) is 11.6 Å². The summed E-state index contributed by atoms with van der Waals surface area (Å²) < 4.78 is 53.8. The van der Waals surface area contributed by atoms with Gasteiger partial charge in [0.15, 0.2) is 0 Å². The highest BCUT2D eigenvalue weighted by molar-refractivity contribution is 7.92. The van der Waals surface area contributed by atoms with E-state index >= 15 is 0 Å². The van der Waals surface area contributed by atoms with Crippen molar-refractivity contribution in [2.24, 2.45) is 0 Å². The van der Waals surface area contributed by atoms with Gasteiger partial charge in [-0.05, 0) is 49.2 Å². The molecule has 1 aliphatic rings. The summed E-state index contributed by atoms with van der Waals surface area (Å²) in [6, 6.07) is 8.19. The fourth-order valence-electron chi connectivity index (χ4n) is 2.20. The second-order valence-electron chi connectivity index (χ2n) is 5.90. The van der Waals surface area contributed by atoms with Crippen LogP contribution in [0.25, 0.3) is 0 Å². The molecular weight excluding hydrogens is 418 g/mol. The third-order valence-corrected chi connectivity index (χ3v) is 6.98. The number of nitrogens with one attached hydrogen (secondary N) is 2. The van der Waals surface area contributed by atoms with Crippen molar-refractivity contribution in [3.05, 3.63) is 57.6 Å². The fourth-order valence-corrected chi connectivity index (χ4v) is 4.77. The predicted molar refractivity (Wildman–Crippen MR) is 98.7 cm³/mol. The van der Waals surface area contributed by atoms with Crippen molar-refractivity contribution in [3.63, 3.8) is 0 Å². The molecule has 3 rings (SSSR count). The maximum Gasteiger partial charge on any atom is 0.289 e. The highest BCUT2D eigenvalue weighted by Gasteiger charge is 2.28. The Morgan fingerprint density at radius 2 is 1.56 bits per heavy atom. The lowest BCUT2D eigenvalue weighted by Gasteiger charge is -2.10. The molecule has 1 fully saturated rings. The maximum absolute atomic E-state index is 12.4. The number of benzene rings is 2.